The number of nitrogens with one attached hydrogen (secondary N) is 2. The number of ether oxygens (including phenoxy) is 1. The molecule has 3 aromatic rings. The fraction of sp³-hybridized carbons (Fsp3) is 0.364. The van der Waals surface area contributed by atoms with Crippen LogP contribution in [-0.4, -0.2) is 16.7 Å². The summed E-state index contributed by atoms with van der Waals surface area (Å²) in [6.45, 7) is 2.82. The van der Waals surface area contributed by atoms with Crippen LogP contribution in [0.3, 0.4) is 0 Å². The van der Waals surface area contributed by atoms with Crippen LogP contribution in [0.15, 0.2) is 53.1 Å². The van der Waals surface area contributed by atoms with Crippen molar-refractivity contribution in [3.63, 3.8) is 0 Å². The van der Waals surface area contributed by atoms with E-state index in [0.717, 1.165) is 36.3 Å². The van der Waals surface area contributed by atoms with Gasteiger partial charge < -0.3 is 9.26 Å². The quantitative estimate of drug-likeness (QED) is 0.499. The van der Waals surface area contributed by atoms with Gasteiger partial charge in [0.05, 0.1) is 12.2 Å². The zero-order chi connectivity index (χ0) is 21.8. The molecule has 2 aromatic carbocycles. The molecule has 1 aromatic heterocycles. The Kier molecular flexibility index (Phi) is 6.24. The van der Waals surface area contributed by atoms with Crippen LogP contribution in [0.2, 0.25) is 0 Å². The first-order chi connectivity index (χ1) is 14.9. The highest BCUT2D eigenvalue weighted by molar-refractivity contribution is 5.55. The minimum absolute atomic E-state index is 0.0265. The molecule has 2 atom stereocenters. The predicted octanol–water partition coefficient (Wildman–Crippen LogP) is 5.21. The summed E-state index contributed by atoms with van der Waals surface area (Å²) >= 11 is 0. The minimum Gasteiger partial charge on any atom is -0.494 e. The molecular weight excluding hydrogens is 409 g/mol. The first-order valence-corrected chi connectivity index (χ1v) is 10.2. The molecule has 0 radical (unpaired) electrons. The Hall–Kier alpha value is -2.91. The van der Waals surface area contributed by atoms with Crippen LogP contribution < -0.4 is 15.6 Å². The van der Waals surface area contributed by atoms with E-state index in [2.05, 4.69) is 27.9 Å². The number of unbranched alkanes of at least 4 members (excludes halogenated alkanes) is 1. The maximum atomic E-state index is 13.0. The van der Waals surface area contributed by atoms with Gasteiger partial charge in [0, 0.05) is 11.6 Å². The van der Waals surface area contributed by atoms with Gasteiger partial charge in [-0.15, -0.1) is 0 Å². The number of alkyl halides is 3. The van der Waals surface area contributed by atoms with Crippen LogP contribution in [0.4, 0.5) is 13.2 Å². The second kappa shape index (κ2) is 9.07. The van der Waals surface area contributed by atoms with Crippen molar-refractivity contribution < 1.29 is 22.4 Å². The lowest BCUT2D eigenvalue weighted by Gasteiger charge is -2.11. The maximum absolute atomic E-state index is 13.0. The van der Waals surface area contributed by atoms with Gasteiger partial charge in [0.15, 0.2) is 0 Å². The van der Waals surface area contributed by atoms with Gasteiger partial charge in [0.1, 0.15) is 11.8 Å². The van der Waals surface area contributed by atoms with E-state index in [9.17, 15) is 13.2 Å². The summed E-state index contributed by atoms with van der Waals surface area (Å²) in [5.74, 6) is 1.28. The normalized spacial score (nSPS) is 19.0. The lowest BCUT2D eigenvalue weighted by molar-refractivity contribution is -0.137. The fourth-order valence-electron chi connectivity index (χ4n) is 3.40. The lowest BCUT2D eigenvalue weighted by Crippen LogP contribution is -2.26. The van der Waals surface area contributed by atoms with E-state index < -0.39 is 11.7 Å². The number of benzene rings is 2. The monoisotopic (exact) mass is 432 g/mol. The van der Waals surface area contributed by atoms with Crippen LogP contribution in [-0.2, 0) is 6.18 Å². The smallest absolute Gasteiger partial charge is 0.416 e. The van der Waals surface area contributed by atoms with E-state index in [0.29, 0.717) is 18.9 Å². The third-order valence-electron chi connectivity index (χ3n) is 5.14. The van der Waals surface area contributed by atoms with Crippen molar-refractivity contribution in [1.82, 2.24) is 21.0 Å². The van der Waals surface area contributed by atoms with Crippen molar-refractivity contribution in [3.8, 4) is 17.1 Å². The standard InChI is InChI=1S/C22H23F3N4O2/c1-2-3-11-30-17-9-7-14(8-10-17)18-13-19(28-27-18)21-26-20(29-31-21)15-5-4-6-16(12-15)22(23,24)25/h4-10,12,18-19,27-28H,2-3,11,13H2,1H3. The lowest BCUT2D eigenvalue weighted by atomic mass is 10.0. The molecule has 0 bridgehead atoms. The molecule has 0 aliphatic carbocycles. The molecule has 2 heterocycles. The second-order valence-corrected chi connectivity index (χ2v) is 7.44. The van der Waals surface area contributed by atoms with Gasteiger partial charge in [0.2, 0.25) is 11.7 Å². The third kappa shape index (κ3) is 5.05. The van der Waals surface area contributed by atoms with Crippen LogP contribution >= 0.6 is 0 Å². The number of hydrogen-bond acceptors (Lipinski definition) is 6. The van der Waals surface area contributed by atoms with Gasteiger partial charge in [-0.1, -0.05) is 42.8 Å². The molecule has 1 aliphatic rings. The molecular formula is C22H23F3N4O2. The molecule has 31 heavy (non-hydrogen) atoms. The van der Waals surface area contributed by atoms with Crippen LogP contribution in [0.1, 0.15) is 55.3 Å². The Morgan fingerprint density at radius 2 is 1.87 bits per heavy atom. The molecule has 2 N–H and O–H groups in total. The fourth-order valence-corrected chi connectivity index (χ4v) is 3.40. The number of aromatic nitrogens is 2. The van der Waals surface area contributed by atoms with E-state index in [1.807, 2.05) is 24.3 Å². The van der Waals surface area contributed by atoms with E-state index in [-0.39, 0.29) is 23.5 Å². The predicted molar refractivity (Wildman–Crippen MR) is 108 cm³/mol. The van der Waals surface area contributed by atoms with E-state index >= 15 is 0 Å². The van der Waals surface area contributed by atoms with E-state index in [1.54, 1.807) is 0 Å². The Bertz CT molecular complexity index is 1000. The highest BCUT2D eigenvalue weighted by Crippen LogP contribution is 2.34. The van der Waals surface area contributed by atoms with Gasteiger partial charge in [0.25, 0.3) is 0 Å². The van der Waals surface area contributed by atoms with Crippen LogP contribution in [0.25, 0.3) is 11.4 Å². The summed E-state index contributed by atoms with van der Waals surface area (Å²) in [6.07, 6.45) is -1.67. The van der Waals surface area contributed by atoms with Crippen molar-refractivity contribution in [2.24, 2.45) is 0 Å². The van der Waals surface area contributed by atoms with E-state index in [4.69, 9.17) is 9.26 Å². The van der Waals surface area contributed by atoms with Crippen molar-refractivity contribution in [2.45, 2.75) is 44.4 Å². The Morgan fingerprint density at radius 3 is 2.61 bits per heavy atom. The number of rotatable bonds is 7. The molecule has 164 valence electrons. The third-order valence-corrected chi connectivity index (χ3v) is 5.14. The summed E-state index contributed by atoms with van der Waals surface area (Å²) in [7, 11) is 0. The van der Waals surface area contributed by atoms with Gasteiger partial charge in [-0.25, -0.2) is 10.9 Å². The van der Waals surface area contributed by atoms with Crippen molar-refractivity contribution in [1.29, 1.82) is 0 Å². The average molecular weight is 432 g/mol. The highest BCUT2D eigenvalue weighted by Gasteiger charge is 2.32. The van der Waals surface area contributed by atoms with Crippen molar-refractivity contribution in [3.05, 3.63) is 65.5 Å². The first-order valence-electron chi connectivity index (χ1n) is 10.2. The van der Waals surface area contributed by atoms with Crippen LogP contribution in [0.5, 0.6) is 5.75 Å². The molecule has 1 aliphatic heterocycles. The van der Waals surface area contributed by atoms with Gasteiger partial charge in [-0.05, 0) is 42.7 Å². The topological polar surface area (TPSA) is 72.2 Å². The molecule has 0 saturated carbocycles. The summed E-state index contributed by atoms with van der Waals surface area (Å²) in [6, 6.07) is 12.6. The zero-order valence-corrected chi connectivity index (χ0v) is 16.9. The summed E-state index contributed by atoms with van der Waals surface area (Å²) in [5.41, 5.74) is 6.91. The summed E-state index contributed by atoms with van der Waals surface area (Å²) in [5, 5.41) is 3.86. The van der Waals surface area contributed by atoms with Gasteiger partial charge >= 0.3 is 6.18 Å². The molecule has 0 spiro atoms. The minimum atomic E-state index is -4.43. The Balaban J connectivity index is 1.41. The molecule has 6 nitrogen and oxygen atoms in total. The first kappa shape index (κ1) is 21.3. The van der Waals surface area contributed by atoms with Crippen molar-refractivity contribution >= 4 is 0 Å². The largest absolute Gasteiger partial charge is 0.494 e. The second-order valence-electron chi connectivity index (χ2n) is 7.44. The number of hydrogen-bond donors (Lipinski definition) is 2. The number of nitrogens with zero attached hydrogens (tertiary/aromatic N) is 2. The zero-order valence-electron chi connectivity index (χ0n) is 16.9. The van der Waals surface area contributed by atoms with E-state index in [1.165, 1.54) is 12.1 Å². The molecule has 0 amide bonds. The molecule has 1 saturated heterocycles. The molecule has 4 rings (SSSR count). The van der Waals surface area contributed by atoms with Crippen molar-refractivity contribution in [2.75, 3.05) is 6.61 Å². The average Bonchev–Trinajstić information content (AvgIpc) is 3.44. The number of halogens is 3. The highest BCUT2D eigenvalue weighted by atomic mass is 19.4. The van der Waals surface area contributed by atoms with Crippen LogP contribution in [0, 0.1) is 0 Å². The summed E-state index contributed by atoms with van der Waals surface area (Å²) in [4.78, 5) is 4.30. The molecule has 2 unspecified atom stereocenters. The SMILES string of the molecule is CCCCOc1ccc(C2CC(c3nc(-c4cccc(C(F)(F)F)c4)no3)NN2)cc1. The molecule has 9 heteroatoms. The maximum Gasteiger partial charge on any atom is 0.416 e. The summed E-state index contributed by atoms with van der Waals surface area (Å²) < 4.78 is 49.9. The van der Waals surface area contributed by atoms with Gasteiger partial charge in [-0.3, -0.25) is 0 Å². The Labute approximate surface area is 177 Å². The van der Waals surface area contributed by atoms with Gasteiger partial charge in [-0.2, -0.15) is 18.2 Å². The Morgan fingerprint density at radius 1 is 1.10 bits per heavy atom. The number of hydrazine groups is 1. The molecule has 1 fully saturated rings.